The number of benzene rings is 3. The highest BCUT2D eigenvalue weighted by Gasteiger charge is 2.37. The molecule has 0 saturated carbocycles. The van der Waals surface area contributed by atoms with Gasteiger partial charge in [0.2, 0.25) is 5.91 Å². The molecule has 25 heavy (non-hydrogen) atoms. The molecule has 0 radical (unpaired) electrons. The van der Waals surface area contributed by atoms with Crippen molar-refractivity contribution in [3.05, 3.63) is 90.0 Å². The number of rotatable bonds is 4. The van der Waals surface area contributed by atoms with Crippen molar-refractivity contribution in [1.82, 2.24) is 0 Å². The molecule has 1 aliphatic heterocycles. The second-order valence-corrected chi connectivity index (χ2v) is 6.17. The molecule has 3 aromatic rings. The summed E-state index contributed by atoms with van der Waals surface area (Å²) in [7, 11) is 1.66. The van der Waals surface area contributed by atoms with Crippen LogP contribution in [0.1, 0.15) is 17.0 Å². The summed E-state index contributed by atoms with van der Waals surface area (Å²) < 4.78 is 5.22. The van der Waals surface area contributed by atoms with Gasteiger partial charge in [0.25, 0.3) is 0 Å². The Morgan fingerprint density at radius 2 is 1.56 bits per heavy atom. The zero-order valence-electron chi connectivity index (χ0n) is 14.1. The van der Waals surface area contributed by atoms with E-state index in [1.807, 2.05) is 77.7 Å². The fraction of sp³-hybridized carbons (Fsp3) is 0.136. The first kappa shape index (κ1) is 15.5. The Morgan fingerprint density at radius 1 is 0.880 bits per heavy atom. The lowest BCUT2D eigenvalue weighted by atomic mass is 9.93. The predicted octanol–water partition coefficient (Wildman–Crippen LogP) is 4.70. The molecule has 1 unspecified atom stereocenters. The fourth-order valence-corrected chi connectivity index (χ4v) is 3.43. The monoisotopic (exact) mass is 329 g/mol. The third kappa shape index (κ3) is 2.78. The molecule has 0 bridgehead atoms. The normalized spacial score (nSPS) is 16.0. The molecule has 0 N–H and O–H groups in total. The van der Waals surface area contributed by atoms with Crippen LogP contribution in [0.3, 0.4) is 0 Å². The van der Waals surface area contributed by atoms with Crippen LogP contribution in [0, 0.1) is 0 Å². The molecule has 124 valence electrons. The fourth-order valence-electron chi connectivity index (χ4n) is 3.43. The van der Waals surface area contributed by atoms with E-state index in [9.17, 15) is 4.79 Å². The third-order valence-electron chi connectivity index (χ3n) is 4.68. The SMILES string of the molecule is COc1ccc(CC2C(=O)N(c3ccccc3)c3ccccc32)cc1. The smallest absolute Gasteiger partial charge is 0.239 e. The van der Waals surface area contributed by atoms with E-state index in [1.165, 1.54) is 0 Å². The summed E-state index contributed by atoms with van der Waals surface area (Å²) in [4.78, 5) is 15.0. The van der Waals surface area contributed by atoms with E-state index in [0.29, 0.717) is 6.42 Å². The van der Waals surface area contributed by atoms with Crippen LogP contribution in [0.15, 0.2) is 78.9 Å². The molecule has 1 atom stereocenters. The number of fused-ring (bicyclic) bond motifs is 1. The maximum atomic E-state index is 13.2. The Bertz CT molecular complexity index is 887. The number of carbonyl (C=O) groups is 1. The van der Waals surface area contributed by atoms with E-state index in [2.05, 4.69) is 6.07 Å². The number of methoxy groups -OCH3 is 1. The molecular weight excluding hydrogens is 310 g/mol. The van der Waals surface area contributed by atoms with Crippen molar-refractivity contribution in [3.63, 3.8) is 0 Å². The molecule has 0 aromatic heterocycles. The Balaban J connectivity index is 1.70. The maximum Gasteiger partial charge on any atom is 0.239 e. The highest BCUT2D eigenvalue weighted by molar-refractivity contribution is 6.10. The maximum absolute atomic E-state index is 13.2. The van der Waals surface area contributed by atoms with Crippen LogP contribution < -0.4 is 9.64 Å². The molecule has 1 aliphatic rings. The molecule has 1 heterocycles. The number of hydrogen-bond donors (Lipinski definition) is 0. The first-order chi connectivity index (χ1) is 12.3. The molecule has 4 rings (SSSR count). The van der Waals surface area contributed by atoms with Crippen molar-refractivity contribution in [2.75, 3.05) is 12.0 Å². The van der Waals surface area contributed by atoms with Crippen molar-refractivity contribution in [3.8, 4) is 5.75 Å². The standard InChI is InChI=1S/C22H19NO2/c1-25-18-13-11-16(12-14-18)15-20-19-9-5-6-10-21(19)23(22(20)24)17-7-3-2-4-8-17/h2-14,20H,15H2,1H3. The average Bonchev–Trinajstić information content (AvgIpc) is 2.95. The summed E-state index contributed by atoms with van der Waals surface area (Å²) in [5, 5.41) is 0. The zero-order chi connectivity index (χ0) is 17.2. The van der Waals surface area contributed by atoms with Gasteiger partial charge < -0.3 is 4.74 Å². The average molecular weight is 329 g/mol. The molecular formula is C22H19NO2. The van der Waals surface area contributed by atoms with E-state index in [1.54, 1.807) is 7.11 Å². The second kappa shape index (κ2) is 6.44. The first-order valence-corrected chi connectivity index (χ1v) is 8.39. The zero-order valence-corrected chi connectivity index (χ0v) is 14.1. The van der Waals surface area contributed by atoms with Crippen molar-refractivity contribution >= 4 is 17.3 Å². The van der Waals surface area contributed by atoms with E-state index >= 15 is 0 Å². The highest BCUT2D eigenvalue weighted by atomic mass is 16.5. The Morgan fingerprint density at radius 3 is 2.28 bits per heavy atom. The Kier molecular flexibility index (Phi) is 3.98. The summed E-state index contributed by atoms with van der Waals surface area (Å²) in [6, 6.07) is 25.8. The molecule has 0 aliphatic carbocycles. The summed E-state index contributed by atoms with van der Waals surface area (Å²) in [6.07, 6.45) is 0.684. The molecule has 0 saturated heterocycles. The van der Waals surface area contributed by atoms with Gasteiger partial charge in [-0.1, -0.05) is 48.5 Å². The van der Waals surface area contributed by atoms with Crippen molar-refractivity contribution in [2.45, 2.75) is 12.3 Å². The molecule has 0 spiro atoms. The van der Waals surface area contributed by atoms with Gasteiger partial charge in [-0.25, -0.2) is 0 Å². The van der Waals surface area contributed by atoms with Crippen molar-refractivity contribution in [1.29, 1.82) is 0 Å². The minimum absolute atomic E-state index is 0.128. The van der Waals surface area contributed by atoms with Crippen LogP contribution in [-0.2, 0) is 11.2 Å². The van der Waals surface area contributed by atoms with Crippen LogP contribution in [0.2, 0.25) is 0 Å². The lowest BCUT2D eigenvalue weighted by Gasteiger charge is -2.18. The topological polar surface area (TPSA) is 29.5 Å². The van der Waals surface area contributed by atoms with Gasteiger partial charge in [0, 0.05) is 5.69 Å². The number of anilines is 2. The lowest BCUT2D eigenvalue weighted by molar-refractivity contribution is -0.118. The van der Waals surface area contributed by atoms with Crippen LogP contribution in [0.4, 0.5) is 11.4 Å². The molecule has 0 fully saturated rings. The number of hydrogen-bond acceptors (Lipinski definition) is 2. The van der Waals surface area contributed by atoms with E-state index in [-0.39, 0.29) is 11.8 Å². The van der Waals surface area contributed by atoms with Crippen LogP contribution >= 0.6 is 0 Å². The Labute approximate surface area is 147 Å². The summed E-state index contributed by atoms with van der Waals surface area (Å²) in [6.45, 7) is 0. The Hall–Kier alpha value is -3.07. The molecule has 3 heteroatoms. The number of amides is 1. The van der Waals surface area contributed by atoms with E-state index in [0.717, 1.165) is 28.3 Å². The van der Waals surface area contributed by atoms with E-state index < -0.39 is 0 Å². The second-order valence-electron chi connectivity index (χ2n) is 6.17. The van der Waals surface area contributed by atoms with Crippen LogP contribution in [0.5, 0.6) is 5.75 Å². The van der Waals surface area contributed by atoms with Crippen LogP contribution in [0.25, 0.3) is 0 Å². The van der Waals surface area contributed by atoms with Gasteiger partial charge in [-0.05, 0) is 47.9 Å². The summed E-state index contributed by atoms with van der Waals surface area (Å²) in [5.41, 5.74) is 4.12. The van der Waals surface area contributed by atoms with Gasteiger partial charge in [0.05, 0.1) is 18.7 Å². The number of para-hydroxylation sites is 2. The predicted molar refractivity (Wildman–Crippen MR) is 99.5 cm³/mol. The lowest BCUT2D eigenvalue weighted by Crippen LogP contribution is -2.24. The van der Waals surface area contributed by atoms with Gasteiger partial charge in [0.15, 0.2) is 0 Å². The van der Waals surface area contributed by atoms with Gasteiger partial charge in [-0.3, -0.25) is 9.69 Å². The number of carbonyl (C=O) groups excluding carboxylic acids is 1. The van der Waals surface area contributed by atoms with Gasteiger partial charge in [-0.2, -0.15) is 0 Å². The number of ether oxygens (including phenoxy) is 1. The van der Waals surface area contributed by atoms with Crippen LogP contribution in [-0.4, -0.2) is 13.0 Å². The van der Waals surface area contributed by atoms with Crippen molar-refractivity contribution < 1.29 is 9.53 Å². The first-order valence-electron chi connectivity index (χ1n) is 8.39. The van der Waals surface area contributed by atoms with Gasteiger partial charge in [-0.15, -0.1) is 0 Å². The minimum Gasteiger partial charge on any atom is -0.497 e. The summed E-state index contributed by atoms with van der Waals surface area (Å²) >= 11 is 0. The molecule has 3 aromatic carbocycles. The number of nitrogens with zero attached hydrogens (tertiary/aromatic N) is 1. The van der Waals surface area contributed by atoms with Crippen molar-refractivity contribution in [2.24, 2.45) is 0 Å². The quantitative estimate of drug-likeness (QED) is 0.694. The molecule has 1 amide bonds. The summed E-state index contributed by atoms with van der Waals surface area (Å²) in [5.74, 6) is 0.792. The third-order valence-corrected chi connectivity index (χ3v) is 4.68. The largest absolute Gasteiger partial charge is 0.497 e. The molecule has 3 nitrogen and oxygen atoms in total. The van der Waals surface area contributed by atoms with Gasteiger partial charge in [0.1, 0.15) is 5.75 Å². The highest BCUT2D eigenvalue weighted by Crippen LogP contribution is 2.43. The van der Waals surface area contributed by atoms with Gasteiger partial charge >= 0.3 is 0 Å². The minimum atomic E-state index is -0.162. The van der Waals surface area contributed by atoms with E-state index in [4.69, 9.17) is 4.74 Å².